The summed E-state index contributed by atoms with van der Waals surface area (Å²) >= 11 is 0. The van der Waals surface area contributed by atoms with Crippen molar-refractivity contribution in [3.63, 3.8) is 0 Å². The van der Waals surface area contributed by atoms with E-state index in [9.17, 15) is 93.6 Å². The summed E-state index contributed by atoms with van der Waals surface area (Å²) in [6, 6.07) is -13.8. The van der Waals surface area contributed by atoms with Gasteiger partial charge in [0, 0.05) is 39.9 Å². The number of rotatable bonds is 29. The van der Waals surface area contributed by atoms with E-state index in [2.05, 4.69) is 36.9 Å². The molecule has 9 amide bonds. The zero-order valence-corrected chi connectivity index (χ0v) is 47.4. The van der Waals surface area contributed by atoms with Crippen LogP contribution in [-0.4, -0.2) is 270 Å². The molecule has 36 nitrogen and oxygen atoms in total. The fourth-order valence-electron chi connectivity index (χ4n) is 10.1. The molecule has 0 aromatic heterocycles. The average Bonchev–Trinajstić information content (AvgIpc) is 4.26. The lowest BCUT2D eigenvalue weighted by Gasteiger charge is -2.48. The second-order valence-electron chi connectivity index (χ2n) is 21.2. The molecule has 19 atom stereocenters. The molecule has 36 heteroatoms. The lowest BCUT2D eigenvalue weighted by Crippen LogP contribution is -2.69. The zero-order valence-electron chi connectivity index (χ0n) is 47.4. The summed E-state index contributed by atoms with van der Waals surface area (Å²) in [5, 5.41) is 99.6. The van der Waals surface area contributed by atoms with Crippen LogP contribution in [0.4, 0.5) is 0 Å². The Morgan fingerprint density at radius 3 is 1.87 bits per heavy atom. The number of carbonyl (C=O) groups excluding carboxylic acids is 9. The van der Waals surface area contributed by atoms with Crippen LogP contribution in [0.3, 0.4) is 0 Å². The van der Waals surface area contributed by atoms with Crippen LogP contribution in [0, 0.1) is 0 Å². The summed E-state index contributed by atoms with van der Waals surface area (Å²) < 4.78 is 23.5. The third kappa shape index (κ3) is 18.7. The SMILES string of the molecule is CC(=O)N[C@H]1[C@@H](O[C@H](C)[C@H](NC(=O)[C@H](CC(=O)O)NC(=O)[C@@H]2CCCN2C(=O)[C@H](C)N)C(=O)N[C@@H](CCCN=C(N)N)C(=O)N2CCC[C@H]2C(=O)N[C@@H](C)C(N)=O)O[C@H](CO[C@]2(C(=O)O)C[C@H](O)[C@@H](NC(C)=O)[C@H]([C@H](O)[C@H](O)CO)O2)[C@H](O)[C@@H]1O. The lowest BCUT2D eigenvalue weighted by atomic mass is 9.88. The smallest absolute Gasteiger partial charge is 0.364 e. The number of amides is 9. The van der Waals surface area contributed by atoms with Crippen molar-refractivity contribution in [3.8, 4) is 0 Å². The van der Waals surface area contributed by atoms with Gasteiger partial charge in [0.2, 0.25) is 53.2 Å². The minimum atomic E-state index is -3.02. The number of hydrogen-bond acceptors (Lipinski definition) is 23. The number of nitrogens with one attached hydrogen (secondary N) is 6. The maximum absolute atomic E-state index is 15.0. The van der Waals surface area contributed by atoms with Crippen LogP contribution >= 0.6 is 0 Å². The van der Waals surface area contributed by atoms with Gasteiger partial charge in [-0.25, -0.2) is 4.79 Å². The molecule has 0 unspecified atom stereocenters. The Hall–Kier alpha value is -7.00. The first-order chi connectivity index (χ1) is 39.7. The Labute approximate surface area is 486 Å². The number of likely N-dealkylation sites (tertiary alicyclic amines) is 2. The van der Waals surface area contributed by atoms with Crippen LogP contribution < -0.4 is 54.8 Å². The largest absolute Gasteiger partial charge is 0.481 e. The number of hydrogen-bond donors (Lipinski definition) is 18. The predicted molar refractivity (Wildman–Crippen MR) is 285 cm³/mol. The Balaban J connectivity index is 1.78. The van der Waals surface area contributed by atoms with Gasteiger partial charge in [0.05, 0.1) is 43.9 Å². The highest BCUT2D eigenvalue weighted by Gasteiger charge is 2.57. The van der Waals surface area contributed by atoms with E-state index in [1.807, 2.05) is 0 Å². The number of primary amides is 1. The van der Waals surface area contributed by atoms with Crippen molar-refractivity contribution in [2.75, 3.05) is 32.8 Å². The van der Waals surface area contributed by atoms with Crippen molar-refractivity contribution in [1.29, 1.82) is 0 Å². The molecule has 4 fully saturated rings. The maximum Gasteiger partial charge on any atom is 0.364 e. The third-order valence-electron chi connectivity index (χ3n) is 14.6. The lowest BCUT2D eigenvalue weighted by molar-refractivity contribution is -0.332. The fourth-order valence-corrected chi connectivity index (χ4v) is 10.1. The summed E-state index contributed by atoms with van der Waals surface area (Å²) in [6.07, 6.45) is -20.0. The standard InChI is InChI=1S/C49H81N13O23/c1-19(50)44(78)61-13-7-11-27(61)42(76)59-25(15-31(68)69)40(74)60-32(43(77)58-24(9-6-12-54-48(52)53)45(79)62-14-8-10-26(62)41(75)55-20(2)39(51)73)21(3)83-46-34(57-23(5)65)37(72)36(71)30(84-46)18-82-49(47(80)81)16-28(66)33(56-22(4)64)38(85-49)35(70)29(67)17-63/h19-21,24-30,32-38,46,63,66-67,70-72H,6-18,50H2,1-5H3,(H2,51,73)(H,55,75)(H,56,64)(H,57,65)(H,58,77)(H,59,76)(H,60,74)(H,68,69)(H,80,81)(H4,52,53,54)/t19-,20-,21+,24-,25-,26-,27-,28-,29+,30+,32-,33+,34+,35+,36-,37+,38+,46-,49+/m0/s1. The summed E-state index contributed by atoms with van der Waals surface area (Å²) in [5.41, 5.74) is 22.2. The number of guanidine groups is 1. The van der Waals surface area contributed by atoms with Gasteiger partial charge in [0.15, 0.2) is 12.2 Å². The molecule has 0 saturated carbocycles. The van der Waals surface area contributed by atoms with E-state index in [1.54, 1.807) is 0 Å². The van der Waals surface area contributed by atoms with Crippen LogP contribution in [-0.2, 0) is 71.7 Å². The Kier molecular flexibility index (Phi) is 26.0. The highest BCUT2D eigenvalue weighted by atomic mass is 16.7. The predicted octanol–water partition coefficient (Wildman–Crippen LogP) is -10.2. The molecule has 4 heterocycles. The van der Waals surface area contributed by atoms with E-state index in [-0.39, 0.29) is 57.7 Å². The van der Waals surface area contributed by atoms with E-state index in [4.69, 9.17) is 41.9 Å². The molecule has 480 valence electrons. The molecule has 4 aliphatic heterocycles. The number of nitrogens with zero attached hydrogens (tertiary/aromatic N) is 3. The number of aliphatic carboxylic acids is 2. The molecule has 4 aliphatic rings. The second-order valence-corrected chi connectivity index (χ2v) is 21.2. The normalized spacial score (nSPS) is 28.6. The second kappa shape index (κ2) is 31.4. The van der Waals surface area contributed by atoms with E-state index in [1.165, 1.54) is 13.8 Å². The minimum Gasteiger partial charge on any atom is -0.481 e. The quantitative estimate of drug-likeness (QED) is 0.0188. The molecule has 85 heavy (non-hydrogen) atoms. The number of carboxylic acids is 2. The molecule has 4 saturated heterocycles. The molecular weight excluding hydrogens is 1140 g/mol. The fraction of sp³-hybridized carbons (Fsp3) is 0.755. The van der Waals surface area contributed by atoms with Crippen molar-refractivity contribution < 1.29 is 113 Å². The highest BCUT2D eigenvalue weighted by Crippen LogP contribution is 2.35. The number of aliphatic hydroxyl groups excluding tert-OH is 6. The zero-order chi connectivity index (χ0) is 63.9. The topological polar surface area (TPSA) is 582 Å². The molecular formula is C49H81N13O23. The van der Waals surface area contributed by atoms with Gasteiger partial charge in [0.1, 0.15) is 78.9 Å². The summed E-state index contributed by atoms with van der Waals surface area (Å²) in [4.78, 5) is 152. The van der Waals surface area contributed by atoms with Crippen molar-refractivity contribution in [2.45, 2.75) is 201 Å². The van der Waals surface area contributed by atoms with E-state index < -0.39 is 206 Å². The number of carboxylic acid groups (broad SMARTS) is 2. The van der Waals surface area contributed by atoms with Gasteiger partial charge in [-0.2, -0.15) is 0 Å². The van der Waals surface area contributed by atoms with E-state index >= 15 is 0 Å². The van der Waals surface area contributed by atoms with Gasteiger partial charge in [-0.15, -0.1) is 0 Å². The van der Waals surface area contributed by atoms with Crippen LogP contribution in [0.1, 0.15) is 86.0 Å². The highest BCUT2D eigenvalue weighted by molar-refractivity contribution is 5.98. The molecule has 0 aliphatic carbocycles. The number of aliphatic hydroxyl groups is 6. The monoisotopic (exact) mass is 1220 g/mol. The Morgan fingerprint density at radius 2 is 1.34 bits per heavy atom. The van der Waals surface area contributed by atoms with Gasteiger partial charge in [-0.1, -0.05) is 0 Å². The Bertz CT molecular complexity index is 2460. The van der Waals surface area contributed by atoms with Crippen LogP contribution in [0.25, 0.3) is 0 Å². The first-order valence-corrected chi connectivity index (χ1v) is 27.3. The summed E-state index contributed by atoms with van der Waals surface area (Å²) in [6.45, 7) is 3.48. The molecule has 0 aromatic rings. The van der Waals surface area contributed by atoms with Gasteiger partial charge in [0.25, 0.3) is 5.79 Å². The molecule has 0 bridgehead atoms. The molecule has 22 N–H and O–H groups in total. The van der Waals surface area contributed by atoms with Gasteiger partial charge in [-0.3, -0.25) is 52.9 Å². The average molecular weight is 1220 g/mol. The Morgan fingerprint density at radius 1 is 0.765 bits per heavy atom. The molecule has 0 spiro atoms. The summed E-state index contributed by atoms with van der Waals surface area (Å²) in [7, 11) is 0. The number of carbonyl (C=O) groups is 11. The van der Waals surface area contributed by atoms with Gasteiger partial charge in [-0.05, 0) is 59.3 Å². The van der Waals surface area contributed by atoms with Crippen LogP contribution in [0.2, 0.25) is 0 Å². The van der Waals surface area contributed by atoms with Gasteiger partial charge < -0.3 is 124 Å². The van der Waals surface area contributed by atoms with Crippen molar-refractivity contribution in [2.24, 2.45) is 27.9 Å². The first kappa shape index (κ1) is 70.5. The van der Waals surface area contributed by atoms with Crippen LogP contribution in [0.15, 0.2) is 4.99 Å². The number of aliphatic imine (C=N–C) groups is 1. The first-order valence-electron chi connectivity index (χ1n) is 27.3. The van der Waals surface area contributed by atoms with E-state index in [0.29, 0.717) is 6.42 Å². The number of nitrogens with two attached hydrogens (primary N) is 4. The van der Waals surface area contributed by atoms with E-state index in [0.717, 1.165) is 30.6 Å². The van der Waals surface area contributed by atoms with Crippen molar-refractivity contribution >= 4 is 71.1 Å². The summed E-state index contributed by atoms with van der Waals surface area (Å²) in [5.74, 6) is -15.5. The maximum atomic E-state index is 15.0. The van der Waals surface area contributed by atoms with Gasteiger partial charge >= 0.3 is 11.9 Å². The van der Waals surface area contributed by atoms with Crippen LogP contribution in [0.5, 0.6) is 0 Å². The molecule has 0 radical (unpaired) electrons. The number of ether oxygens (including phenoxy) is 4. The van der Waals surface area contributed by atoms with Crippen molar-refractivity contribution in [3.05, 3.63) is 0 Å². The molecule has 0 aromatic carbocycles. The van der Waals surface area contributed by atoms with Crippen molar-refractivity contribution in [1.82, 2.24) is 41.7 Å². The minimum absolute atomic E-state index is 0.0235. The third-order valence-corrected chi connectivity index (χ3v) is 14.6. The molecule has 4 rings (SSSR count).